The van der Waals surface area contributed by atoms with Gasteiger partial charge in [-0.3, -0.25) is 14.4 Å². The van der Waals surface area contributed by atoms with E-state index >= 15 is 0 Å². The highest BCUT2D eigenvalue weighted by Crippen LogP contribution is 2.16. The summed E-state index contributed by atoms with van der Waals surface area (Å²) in [6.07, 6.45) is 41.9. The second kappa shape index (κ2) is 37.8. The number of hydrogen-bond donors (Lipinski definition) is 4. The Kier molecular flexibility index (Phi) is 35.7. The fraction of sp³-hybridized carbons (Fsp3) is 0.767. The van der Waals surface area contributed by atoms with E-state index in [0.717, 1.165) is 77.0 Å². The van der Waals surface area contributed by atoms with Gasteiger partial charge in [-0.2, -0.15) is 0 Å². The molecule has 0 aliphatic rings. The number of allylic oxidation sites excluding steroid dienone is 5. The van der Waals surface area contributed by atoms with Gasteiger partial charge in [-0.15, -0.1) is 0 Å². The second-order valence-electron chi connectivity index (χ2n) is 14.1. The van der Waals surface area contributed by atoms with Gasteiger partial charge in [-0.05, 0) is 76.7 Å². The molecule has 52 heavy (non-hydrogen) atoms. The number of esters is 1. The van der Waals surface area contributed by atoms with E-state index in [2.05, 4.69) is 60.9 Å². The minimum absolute atomic E-state index is 0.0919. The van der Waals surface area contributed by atoms with Crippen LogP contribution in [0, 0.1) is 0 Å². The van der Waals surface area contributed by atoms with Crippen molar-refractivity contribution in [3.8, 4) is 0 Å². The molecule has 0 aliphatic heterocycles. The van der Waals surface area contributed by atoms with Gasteiger partial charge in [-0.1, -0.05) is 134 Å². The molecule has 9 nitrogen and oxygen atoms in total. The fourth-order valence-electron chi connectivity index (χ4n) is 5.83. The number of carboxylic acid groups (broad SMARTS) is 1. The third-order valence-corrected chi connectivity index (χ3v) is 9.09. The molecule has 0 aromatic carbocycles. The van der Waals surface area contributed by atoms with Gasteiger partial charge in [0.15, 0.2) is 0 Å². The van der Waals surface area contributed by atoms with Crippen molar-refractivity contribution >= 4 is 23.8 Å². The first-order chi connectivity index (χ1) is 25.3. The average molecular weight is 733 g/mol. The number of aliphatic hydroxyl groups excluding tert-OH is 1. The Labute approximate surface area is 316 Å². The van der Waals surface area contributed by atoms with Crippen molar-refractivity contribution < 1.29 is 34.1 Å². The van der Waals surface area contributed by atoms with Crippen LogP contribution < -0.4 is 10.6 Å². The summed E-state index contributed by atoms with van der Waals surface area (Å²) in [5.74, 6) is -2.34. The van der Waals surface area contributed by atoms with Crippen LogP contribution in [0.15, 0.2) is 36.5 Å². The number of aliphatic carboxylic acids is 1. The van der Waals surface area contributed by atoms with Crippen LogP contribution >= 0.6 is 0 Å². The summed E-state index contributed by atoms with van der Waals surface area (Å²) in [7, 11) is 0. The second-order valence-corrected chi connectivity index (χ2v) is 14.1. The molecule has 0 rings (SSSR count). The Balaban J connectivity index is 4.26. The molecule has 0 saturated heterocycles. The van der Waals surface area contributed by atoms with E-state index < -0.39 is 24.5 Å². The minimum Gasteiger partial charge on any atom is -0.480 e. The van der Waals surface area contributed by atoms with E-state index in [4.69, 9.17) is 14.9 Å². The number of carbonyl (C=O) groups excluding carboxylic acids is 3. The van der Waals surface area contributed by atoms with E-state index in [0.29, 0.717) is 19.3 Å². The third-order valence-electron chi connectivity index (χ3n) is 9.09. The molecular weight excluding hydrogens is 656 g/mol. The summed E-state index contributed by atoms with van der Waals surface area (Å²) >= 11 is 0. The lowest BCUT2D eigenvalue weighted by Gasteiger charge is -2.15. The van der Waals surface area contributed by atoms with Crippen molar-refractivity contribution in [2.75, 3.05) is 13.2 Å². The maximum Gasteiger partial charge on any atom is 0.328 e. The molecule has 2 amide bonds. The quantitative estimate of drug-likeness (QED) is 0.0283. The summed E-state index contributed by atoms with van der Waals surface area (Å²) < 4.78 is 5.92. The summed E-state index contributed by atoms with van der Waals surface area (Å²) in [4.78, 5) is 47.3. The van der Waals surface area contributed by atoms with Gasteiger partial charge >= 0.3 is 11.9 Å². The Morgan fingerprint density at radius 2 is 1.10 bits per heavy atom. The number of carboxylic acids is 1. The van der Waals surface area contributed by atoms with E-state index in [1.54, 1.807) is 0 Å². The average Bonchev–Trinajstić information content (AvgIpc) is 3.13. The van der Waals surface area contributed by atoms with Crippen LogP contribution in [0.4, 0.5) is 0 Å². The molecule has 2 atom stereocenters. The van der Waals surface area contributed by atoms with Crippen molar-refractivity contribution in [3.63, 3.8) is 0 Å². The van der Waals surface area contributed by atoms with Crippen molar-refractivity contribution in [1.82, 2.24) is 10.6 Å². The molecule has 4 N–H and O–H groups in total. The molecule has 0 bridgehead atoms. The molecule has 300 valence electrons. The van der Waals surface area contributed by atoms with Crippen LogP contribution in [-0.4, -0.2) is 59.3 Å². The number of rotatable bonds is 37. The van der Waals surface area contributed by atoms with Gasteiger partial charge in [0.25, 0.3) is 0 Å². The molecule has 0 aromatic heterocycles. The molecule has 0 radical (unpaired) electrons. The highest BCUT2D eigenvalue weighted by Gasteiger charge is 2.18. The van der Waals surface area contributed by atoms with Crippen molar-refractivity contribution in [2.45, 2.75) is 199 Å². The highest BCUT2D eigenvalue weighted by molar-refractivity contribution is 5.87. The van der Waals surface area contributed by atoms with Gasteiger partial charge < -0.3 is 25.6 Å². The van der Waals surface area contributed by atoms with Gasteiger partial charge in [0, 0.05) is 12.8 Å². The number of nitrogens with one attached hydrogen (secondary N) is 2. The number of hydrogen-bond acceptors (Lipinski definition) is 6. The predicted octanol–water partition coefficient (Wildman–Crippen LogP) is 9.82. The van der Waals surface area contributed by atoms with Crippen molar-refractivity contribution in [1.29, 1.82) is 0 Å². The molecule has 0 saturated carbocycles. The first-order valence-corrected chi connectivity index (χ1v) is 20.9. The molecule has 0 heterocycles. The largest absolute Gasteiger partial charge is 0.480 e. The first kappa shape index (κ1) is 49.1. The maximum absolute atomic E-state index is 12.7. The standard InChI is InChI=1S/C43H76N2O7/c1-3-5-7-9-11-13-14-15-16-17-18-19-21-27-31-35-42(49)52-38(32-28-24-20-12-10-8-6-4-2)33-29-25-22-23-26-30-34-40(47)44-36-41(48)45-39(37-46)43(50)51/h11,13,15-16,28,32,38-39,46H,3-10,12,14,17-27,29-31,33-37H2,1-2H3,(H,44,47)(H,45,48)(H,50,51)/b13-11-,16-15-,32-28-. The monoisotopic (exact) mass is 733 g/mol. The molecule has 0 aromatic rings. The summed E-state index contributed by atoms with van der Waals surface area (Å²) in [6, 6.07) is -1.38. The topological polar surface area (TPSA) is 142 Å². The molecule has 0 aliphatic carbocycles. The molecule has 9 heteroatoms. The van der Waals surface area contributed by atoms with Crippen LogP contribution in [0.2, 0.25) is 0 Å². The van der Waals surface area contributed by atoms with Crippen molar-refractivity contribution in [2.24, 2.45) is 0 Å². The Morgan fingerprint density at radius 3 is 1.69 bits per heavy atom. The van der Waals surface area contributed by atoms with E-state index in [-0.39, 0.29) is 24.5 Å². The number of aliphatic hydroxyl groups is 1. The Morgan fingerprint density at radius 1 is 0.596 bits per heavy atom. The number of amides is 2. The van der Waals surface area contributed by atoms with Gasteiger partial charge in [0.05, 0.1) is 13.2 Å². The lowest BCUT2D eigenvalue weighted by Crippen LogP contribution is -2.47. The SMILES string of the molecule is CCCCC/C=C\C/C=C\CCCCCCCC(=O)OC(/C=C\CCCCCCCC)CCCCCCCCC(=O)NCC(=O)NC(CO)C(=O)O. The zero-order valence-electron chi connectivity index (χ0n) is 33.1. The van der Waals surface area contributed by atoms with E-state index in [1.807, 2.05) is 0 Å². The molecular formula is C43H76N2O7. The summed E-state index contributed by atoms with van der Waals surface area (Å²) in [5.41, 5.74) is 0. The lowest BCUT2D eigenvalue weighted by atomic mass is 10.0. The number of ether oxygens (including phenoxy) is 1. The van der Waals surface area contributed by atoms with Crippen LogP contribution in [0.3, 0.4) is 0 Å². The van der Waals surface area contributed by atoms with Crippen LogP contribution in [0.5, 0.6) is 0 Å². The van der Waals surface area contributed by atoms with Gasteiger partial charge in [0.1, 0.15) is 12.1 Å². The van der Waals surface area contributed by atoms with Crippen LogP contribution in [-0.2, 0) is 23.9 Å². The smallest absolute Gasteiger partial charge is 0.328 e. The molecule has 0 fully saturated rings. The zero-order chi connectivity index (χ0) is 38.3. The lowest BCUT2D eigenvalue weighted by molar-refractivity contribution is -0.147. The predicted molar refractivity (Wildman–Crippen MR) is 213 cm³/mol. The maximum atomic E-state index is 12.7. The number of unbranched alkanes of at least 4 members (excludes halogenated alkanes) is 19. The highest BCUT2D eigenvalue weighted by atomic mass is 16.5. The first-order valence-electron chi connectivity index (χ1n) is 20.9. The zero-order valence-corrected chi connectivity index (χ0v) is 33.1. The number of carbonyl (C=O) groups is 4. The van der Waals surface area contributed by atoms with Gasteiger partial charge in [0.2, 0.25) is 11.8 Å². The van der Waals surface area contributed by atoms with Gasteiger partial charge in [-0.25, -0.2) is 4.79 Å². The third kappa shape index (κ3) is 34.2. The Hall–Kier alpha value is -2.94. The van der Waals surface area contributed by atoms with E-state index in [1.165, 1.54) is 77.0 Å². The summed E-state index contributed by atoms with van der Waals surface area (Å²) in [5, 5.41) is 22.5. The van der Waals surface area contributed by atoms with Crippen LogP contribution in [0.25, 0.3) is 0 Å². The normalized spacial score (nSPS) is 12.8. The summed E-state index contributed by atoms with van der Waals surface area (Å²) in [6.45, 7) is 3.43. The van der Waals surface area contributed by atoms with Crippen molar-refractivity contribution in [3.05, 3.63) is 36.5 Å². The van der Waals surface area contributed by atoms with Crippen LogP contribution in [0.1, 0.15) is 187 Å². The molecule has 2 unspecified atom stereocenters. The minimum atomic E-state index is -1.38. The molecule has 0 spiro atoms. The fourth-order valence-corrected chi connectivity index (χ4v) is 5.83. The van der Waals surface area contributed by atoms with E-state index in [9.17, 15) is 19.2 Å². The Bertz CT molecular complexity index is 979.